The summed E-state index contributed by atoms with van der Waals surface area (Å²) in [6, 6.07) is 5.86. The van der Waals surface area contributed by atoms with Gasteiger partial charge in [-0.25, -0.2) is 0 Å². The fourth-order valence-electron chi connectivity index (χ4n) is 2.33. The molecule has 0 aliphatic carbocycles. The number of rotatable bonds is 2. The highest BCUT2D eigenvalue weighted by Crippen LogP contribution is 2.16. The molecule has 0 saturated carbocycles. The van der Waals surface area contributed by atoms with Crippen molar-refractivity contribution in [1.82, 2.24) is 15.6 Å². The molecule has 2 rings (SSSR count). The Morgan fingerprint density at radius 2 is 2.29 bits per heavy atom. The number of aromatic nitrogens is 1. The van der Waals surface area contributed by atoms with Gasteiger partial charge in [-0.15, -0.1) is 0 Å². The zero-order valence-electron chi connectivity index (χ0n) is 10.3. The minimum absolute atomic E-state index is 0.0852. The SMILES string of the molecule is CC1CCNC(C)C1NC(=O)c1ccccn1. The number of carbonyl (C=O) groups excluding carboxylic acids is 1. The van der Waals surface area contributed by atoms with E-state index in [2.05, 4.69) is 29.5 Å². The molecule has 1 aliphatic heterocycles. The van der Waals surface area contributed by atoms with E-state index >= 15 is 0 Å². The van der Waals surface area contributed by atoms with E-state index in [0.717, 1.165) is 13.0 Å². The van der Waals surface area contributed by atoms with Crippen molar-refractivity contribution in [1.29, 1.82) is 0 Å². The Labute approximate surface area is 102 Å². The molecular weight excluding hydrogens is 214 g/mol. The van der Waals surface area contributed by atoms with Crippen LogP contribution < -0.4 is 10.6 Å². The van der Waals surface area contributed by atoms with Crippen molar-refractivity contribution in [3.8, 4) is 0 Å². The van der Waals surface area contributed by atoms with Crippen LogP contribution in [-0.2, 0) is 0 Å². The third-order valence-electron chi connectivity index (χ3n) is 3.41. The number of nitrogens with zero attached hydrogens (tertiary/aromatic N) is 1. The molecule has 4 nitrogen and oxygen atoms in total. The van der Waals surface area contributed by atoms with Crippen molar-refractivity contribution >= 4 is 5.91 Å². The summed E-state index contributed by atoms with van der Waals surface area (Å²) in [7, 11) is 0. The average Bonchev–Trinajstić information content (AvgIpc) is 2.35. The summed E-state index contributed by atoms with van der Waals surface area (Å²) in [5, 5.41) is 6.45. The summed E-state index contributed by atoms with van der Waals surface area (Å²) in [6.07, 6.45) is 2.73. The van der Waals surface area contributed by atoms with Crippen LogP contribution in [0.25, 0.3) is 0 Å². The highest BCUT2D eigenvalue weighted by Gasteiger charge is 2.28. The van der Waals surface area contributed by atoms with Crippen LogP contribution in [0.3, 0.4) is 0 Å². The van der Waals surface area contributed by atoms with Gasteiger partial charge in [0.2, 0.25) is 0 Å². The number of carbonyl (C=O) groups is 1. The molecule has 1 aliphatic rings. The first kappa shape index (κ1) is 12.0. The lowest BCUT2D eigenvalue weighted by molar-refractivity contribution is 0.0892. The molecule has 2 heterocycles. The highest BCUT2D eigenvalue weighted by atomic mass is 16.1. The molecular formula is C13H19N3O. The van der Waals surface area contributed by atoms with Gasteiger partial charge in [-0.05, 0) is 37.9 Å². The van der Waals surface area contributed by atoms with E-state index < -0.39 is 0 Å². The third kappa shape index (κ3) is 2.82. The lowest BCUT2D eigenvalue weighted by Gasteiger charge is -2.35. The Morgan fingerprint density at radius 1 is 1.47 bits per heavy atom. The fourth-order valence-corrected chi connectivity index (χ4v) is 2.33. The molecule has 3 unspecified atom stereocenters. The van der Waals surface area contributed by atoms with Crippen LogP contribution in [-0.4, -0.2) is 29.5 Å². The van der Waals surface area contributed by atoms with Crippen molar-refractivity contribution in [2.24, 2.45) is 5.92 Å². The molecule has 4 heteroatoms. The molecule has 1 amide bonds. The molecule has 0 spiro atoms. The number of piperidine rings is 1. The van der Waals surface area contributed by atoms with Gasteiger partial charge in [0.1, 0.15) is 5.69 Å². The van der Waals surface area contributed by atoms with E-state index in [1.54, 1.807) is 12.3 Å². The van der Waals surface area contributed by atoms with Gasteiger partial charge in [0.15, 0.2) is 0 Å². The normalized spacial score (nSPS) is 28.7. The minimum Gasteiger partial charge on any atom is -0.346 e. The molecule has 0 aromatic carbocycles. The summed E-state index contributed by atoms with van der Waals surface area (Å²) < 4.78 is 0. The summed E-state index contributed by atoms with van der Waals surface area (Å²) in [6.45, 7) is 5.32. The van der Waals surface area contributed by atoms with Crippen LogP contribution in [0.1, 0.15) is 30.8 Å². The van der Waals surface area contributed by atoms with Gasteiger partial charge in [0.05, 0.1) is 0 Å². The molecule has 1 saturated heterocycles. The second-order valence-electron chi connectivity index (χ2n) is 4.72. The molecule has 92 valence electrons. The van der Waals surface area contributed by atoms with Gasteiger partial charge in [-0.3, -0.25) is 9.78 Å². The average molecular weight is 233 g/mol. The monoisotopic (exact) mass is 233 g/mol. The third-order valence-corrected chi connectivity index (χ3v) is 3.41. The zero-order valence-corrected chi connectivity index (χ0v) is 10.3. The maximum absolute atomic E-state index is 12.0. The molecule has 0 bridgehead atoms. The maximum Gasteiger partial charge on any atom is 0.270 e. The van der Waals surface area contributed by atoms with E-state index in [-0.39, 0.29) is 11.9 Å². The second-order valence-corrected chi connectivity index (χ2v) is 4.72. The van der Waals surface area contributed by atoms with Crippen LogP contribution in [0.15, 0.2) is 24.4 Å². The Balaban J connectivity index is 2.03. The van der Waals surface area contributed by atoms with Crippen molar-refractivity contribution < 1.29 is 4.79 Å². The molecule has 1 aromatic heterocycles. The zero-order chi connectivity index (χ0) is 12.3. The van der Waals surface area contributed by atoms with Gasteiger partial charge in [-0.1, -0.05) is 13.0 Å². The lowest BCUT2D eigenvalue weighted by Crippen LogP contribution is -2.56. The second kappa shape index (κ2) is 5.27. The molecule has 1 fully saturated rings. The highest BCUT2D eigenvalue weighted by molar-refractivity contribution is 5.92. The van der Waals surface area contributed by atoms with E-state index in [9.17, 15) is 4.79 Å². The number of pyridine rings is 1. The number of nitrogens with one attached hydrogen (secondary N) is 2. The van der Waals surface area contributed by atoms with Gasteiger partial charge >= 0.3 is 0 Å². The first-order valence-corrected chi connectivity index (χ1v) is 6.14. The molecule has 1 aromatic rings. The van der Waals surface area contributed by atoms with Crippen molar-refractivity contribution in [3.63, 3.8) is 0 Å². The Bertz CT molecular complexity index is 370. The summed E-state index contributed by atoms with van der Waals surface area (Å²) in [5.74, 6) is 0.414. The predicted molar refractivity (Wildman–Crippen MR) is 66.7 cm³/mol. The first-order chi connectivity index (χ1) is 8.18. The van der Waals surface area contributed by atoms with E-state index in [0.29, 0.717) is 17.7 Å². The molecule has 0 radical (unpaired) electrons. The topological polar surface area (TPSA) is 54.0 Å². The smallest absolute Gasteiger partial charge is 0.270 e. The van der Waals surface area contributed by atoms with Gasteiger partial charge in [-0.2, -0.15) is 0 Å². The predicted octanol–water partition coefficient (Wildman–Crippen LogP) is 1.20. The Hall–Kier alpha value is -1.42. The van der Waals surface area contributed by atoms with Crippen LogP contribution in [0.2, 0.25) is 0 Å². The van der Waals surface area contributed by atoms with E-state index in [4.69, 9.17) is 0 Å². The lowest BCUT2D eigenvalue weighted by atomic mass is 9.89. The van der Waals surface area contributed by atoms with Crippen molar-refractivity contribution in [2.75, 3.05) is 6.54 Å². The Kier molecular flexibility index (Phi) is 3.74. The molecule has 17 heavy (non-hydrogen) atoms. The maximum atomic E-state index is 12.0. The summed E-state index contributed by atoms with van der Waals surface area (Å²) in [5.41, 5.74) is 0.484. The molecule has 2 N–H and O–H groups in total. The van der Waals surface area contributed by atoms with E-state index in [1.807, 2.05) is 12.1 Å². The minimum atomic E-state index is -0.0852. The standard InChI is InChI=1S/C13H19N3O/c1-9-6-8-14-10(2)12(9)16-13(17)11-5-3-4-7-15-11/h3-5,7,9-10,12,14H,6,8H2,1-2H3,(H,16,17). The van der Waals surface area contributed by atoms with Crippen LogP contribution >= 0.6 is 0 Å². The summed E-state index contributed by atoms with van der Waals surface area (Å²) in [4.78, 5) is 16.1. The van der Waals surface area contributed by atoms with E-state index in [1.165, 1.54) is 0 Å². The largest absolute Gasteiger partial charge is 0.346 e. The van der Waals surface area contributed by atoms with Gasteiger partial charge < -0.3 is 10.6 Å². The first-order valence-electron chi connectivity index (χ1n) is 6.14. The number of hydrogen-bond donors (Lipinski definition) is 2. The number of hydrogen-bond acceptors (Lipinski definition) is 3. The van der Waals surface area contributed by atoms with Gasteiger partial charge in [0, 0.05) is 18.3 Å². The number of amides is 1. The van der Waals surface area contributed by atoms with Crippen molar-refractivity contribution in [3.05, 3.63) is 30.1 Å². The van der Waals surface area contributed by atoms with Crippen molar-refractivity contribution in [2.45, 2.75) is 32.4 Å². The summed E-state index contributed by atoms with van der Waals surface area (Å²) >= 11 is 0. The quantitative estimate of drug-likeness (QED) is 0.807. The van der Waals surface area contributed by atoms with Gasteiger partial charge in [0.25, 0.3) is 5.91 Å². The molecule has 3 atom stereocenters. The van der Waals surface area contributed by atoms with Crippen LogP contribution in [0.4, 0.5) is 0 Å². The van der Waals surface area contributed by atoms with Crippen LogP contribution in [0.5, 0.6) is 0 Å². The fraction of sp³-hybridized carbons (Fsp3) is 0.538. The van der Waals surface area contributed by atoms with Crippen LogP contribution in [0, 0.1) is 5.92 Å². The Morgan fingerprint density at radius 3 is 2.94 bits per heavy atom.